The van der Waals surface area contributed by atoms with Crippen molar-refractivity contribution in [3.63, 3.8) is 0 Å². The van der Waals surface area contributed by atoms with Crippen molar-refractivity contribution in [2.75, 3.05) is 0 Å². The van der Waals surface area contributed by atoms with Gasteiger partial charge in [-0.1, -0.05) is 0 Å². The van der Waals surface area contributed by atoms with E-state index >= 15 is 0 Å². The normalized spacial score (nSPS) is 33.2. The Morgan fingerprint density at radius 1 is 1.92 bits per heavy atom. The number of hydrogen-bond acceptors (Lipinski definition) is 3. The summed E-state index contributed by atoms with van der Waals surface area (Å²) in [7, 11) is 0. The highest BCUT2D eigenvalue weighted by molar-refractivity contribution is 5.84. The molecule has 0 spiro atoms. The van der Waals surface area contributed by atoms with E-state index in [-0.39, 0.29) is 5.92 Å². The van der Waals surface area contributed by atoms with Crippen LogP contribution in [-0.4, -0.2) is 26.6 Å². The Morgan fingerprint density at radius 2 is 2.67 bits per heavy atom. The van der Waals surface area contributed by atoms with Gasteiger partial charge in [0.2, 0.25) is 0 Å². The molecule has 5 heteroatoms. The number of carboxylic acid groups (broad SMARTS) is 1. The molecule has 64 valence electrons. The van der Waals surface area contributed by atoms with Crippen molar-refractivity contribution in [1.29, 1.82) is 0 Å². The van der Waals surface area contributed by atoms with Crippen LogP contribution in [0, 0.1) is 0 Å². The van der Waals surface area contributed by atoms with Crippen LogP contribution in [0.4, 0.5) is 0 Å². The van der Waals surface area contributed by atoms with Crippen molar-refractivity contribution in [3.05, 3.63) is 18.2 Å². The number of aliphatic carboxylic acids is 1. The summed E-state index contributed by atoms with van der Waals surface area (Å²) in [6.07, 6.45) is 3.63. The second-order valence-electron chi connectivity index (χ2n) is 3.11. The molecule has 1 fully saturated rings. The van der Waals surface area contributed by atoms with E-state index in [4.69, 9.17) is 10.8 Å². The summed E-state index contributed by atoms with van der Waals surface area (Å²) in [4.78, 5) is 17.3. The van der Waals surface area contributed by atoms with Gasteiger partial charge in [0.1, 0.15) is 5.54 Å². The van der Waals surface area contributed by atoms with Crippen molar-refractivity contribution in [3.8, 4) is 0 Å². The molecule has 0 radical (unpaired) electrons. The van der Waals surface area contributed by atoms with Crippen LogP contribution in [0.2, 0.25) is 0 Å². The van der Waals surface area contributed by atoms with Crippen LogP contribution < -0.4 is 5.73 Å². The highest BCUT2D eigenvalue weighted by Gasteiger charge is 2.59. The highest BCUT2D eigenvalue weighted by atomic mass is 16.4. The molecule has 4 N–H and O–H groups in total. The topological polar surface area (TPSA) is 92.0 Å². The fourth-order valence-corrected chi connectivity index (χ4v) is 1.36. The van der Waals surface area contributed by atoms with Gasteiger partial charge in [0, 0.05) is 17.8 Å². The SMILES string of the molecule is N[C@@]1(C(=O)O)C[C@H]1c1cnc[nH]1. The summed E-state index contributed by atoms with van der Waals surface area (Å²) in [5, 5.41) is 8.72. The predicted molar refractivity (Wildman–Crippen MR) is 40.5 cm³/mol. The van der Waals surface area contributed by atoms with Crippen LogP contribution in [0.3, 0.4) is 0 Å². The Bertz CT molecular complexity index is 308. The zero-order valence-electron chi connectivity index (χ0n) is 6.32. The van der Waals surface area contributed by atoms with E-state index in [9.17, 15) is 4.79 Å². The number of rotatable bonds is 2. The lowest BCUT2D eigenvalue weighted by Gasteiger charge is -2.02. The van der Waals surface area contributed by atoms with E-state index in [0.717, 1.165) is 5.69 Å². The number of nitrogens with one attached hydrogen (secondary N) is 1. The van der Waals surface area contributed by atoms with E-state index in [1.54, 1.807) is 6.20 Å². The number of imidazole rings is 1. The first kappa shape index (κ1) is 7.30. The number of carboxylic acids is 1. The summed E-state index contributed by atoms with van der Waals surface area (Å²) in [6, 6.07) is 0. The van der Waals surface area contributed by atoms with Crippen LogP contribution in [0.1, 0.15) is 18.0 Å². The Hall–Kier alpha value is -1.36. The predicted octanol–water partition coefficient (Wildman–Crippen LogP) is -0.321. The summed E-state index contributed by atoms with van der Waals surface area (Å²) >= 11 is 0. The largest absolute Gasteiger partial charge is 0.480 e. The lowest BCUT2D eigenvalue weighted by molar-refractivity contribution is -0.139. The van der Waals surface area contributed by atoms with Gasteiger partial charge in [0.25, 0.3) is 0 Å². The van der Waals surface area contributed by atoms with Crippen molar-refractivity contribution in [2.45, 2.75) is 17.9 Å². The molecule has 2 atom stereocenters. The summed E-state index contributed by atoms with van der Waals surface area (Å²) in [5.41, 5.74) is 5.32. The Morgan fingerprint density at radius 3 is 3.08 bits per heavy atom. The average molecular weight is 167 g/mol. The molecule has 1 saturated carbocycles. The Balaban J connectivity index is 2.19. The molecule has 5 nitrogen and oxygen atoms in total. The number of aromatic nitrogens is 2. The fourth-order valence-electron chi connectivity index (χ4n) is 1.36. The number of carbonyl (C=O) groups is 1. The molecule has 0 amide bonds. The van der Waals surface area contributed by atoms with Gasteiger partial charge in [0.05, 0.1) is 6.33 Å². The highest BCUT2D eigenvalue weighted by Crippen LogP contribution is 2.48. The van der Waals surface area contributed by atoms with E-state index in [2.05, 4.69) is 9.97 Å². The maximum absolute atomic E-state index is 10.6. The van der Waals surface area contributed by atoms with Crippen LogP contribution >= 0.6 is 0 Å². The third kappa shape index (κ3) is 0.831. The molecule has 0 bridgehead atoms. The minimum Gasteiger partial charge on any atom is -0.480 e. The molecule has 1 aromatic rings. The molecule has 1 aromatic heterocycles. The van der Waals surface area contributed by atoms with Gasteiger partial charge >= 0.3 is 5.97 Å². The minimum absolute atomic E-state index is 0.0995. The van der Waals surface area contributed by atoms with Crippen molar-refractivity contribution in [1.82, 2.24) is 9.97 Å². The van der Waals surface area contributed by atoms with Crippen molar-refractivity contribution >= 4 is 5.97 Å². The van der Waals surface area contributed by atoms with Crippen molar-refractivity contribution < 1.29 is 9.90 Å². The van der Waals surface area contributed by atoms with Crippen LogP contribution in [0.15, 0.2) is 12.5 Å². The zero-order valence-corrected chi connectivity index (χ0v) is 6.32. The van der Waals surface area contributed by atoms with E-state index in [0.29, 0.717) is 6.42 Å². The number of nitrogens with zero attached hydrogens (tertiary/aromatic N) is 1. The molecule has 1 aliphatic rings. The van der Waals surface area contributed by atoms with Gasteiger partial charge in [-0.25, -0.2) is 4.98 Å². The number of hydrogen-bond donors (Lipinski definition) is 3. The van der Waals surface area contributed by atoms with Gasteiger partial charge < -0.3 is 15.8 Å². The maximum atomic E-state index is 10.6. The minimum atomic E-state index is -1.06. The molecule has 0 aliphatic heterocycles. The number of nitrogens with two attached hydrogens (primary N) is 1. The molecule has 0 unspecified atom stereocenters. The molecule has 1 heterocycles. The monoisotopic (exact) mass is 167 g/mol. The zero-order chi connectivity index (χ0) is 8.77. The lowest BCUT2D eigenvalue weighted by Crippen LogP contribution is -2.34. The van der Waals surface area contributed by atoms with Gasteiger partial charge in [-0.3, -0.25) is 4.79 Å². The molecule has 12 heavy (non-hydrogen) atoms. The standard InChI is InChI=1S/C7H9N3O2/c8-7(6(11)12)1-4(7)5-2-9-3-10-5/h2-4H,1,8H2,(H,9,10)(H,11,12)/t4-,7-/m0/s1. The van der Waals surface area contributed by atoms with Crippen LogP contribution in [-0.2, 0) is 4.79 Å². The first-order valence-electron chi connectivity index (χ1n) is 3.65. The summed E-state index contributed by atoms with van der Waals surface area (Å²) in [6.45, 7) is 0. The Kier molecular flexibility index (Phi) is 1.26. The quantitative estimate of drug-likeness (QED) is 0.562. The second kappa shape index (κ2) is 2.07. The van der Waals surface area contributed by atoms with Crippen molar-refractivity contribution in [2.24, 2.45) is 5.73 Å². The molecule has 1 aliphatic carbocycles. The first-order valence-corrected chi connectivity index (χ1v) is 3.65. The van der Waals surface area contributed by atoms with Crippen LogP contribution in [0.25, 0.3) is 0 Å². The van der Waals surface area contributed by atoms with Gasteiger partial charge in [-0.15, -0.1) is 0 Å². The van der Waals surface area contributed by atoms with Gasteiger partial charge in [-0.05, 0) is 6.42 Å². The maximum Gasteiger partial charge on any atom is 0.324 e. The van der Waals surface area contributed by atoms with Crippen LogP contribution in [0.5, 0.6) is 0 Å². The van der Waals surface area contributed by atoms with E-state index in [1.165, 1.54) is 6.33 Å². The first-order chi connectivity index (χ1) is 5.64. The van der Waals surface area contributed by atoms with E-state index < -0.39 is 11.5 Å². The molecule has 0 saturated heterocycles. The Labute approximate surface area is 68.6 Å². The molecule has 2 rings (SSSR count). The molecular weight excluding hydrogens is 158 g/mol. The summed E-state index contributed by atoms with van der Waals surface area (Å²) < 4.78 is 0. The van der Waals surface area contributed by atoms with Gasteiger partial charge in [0.15, 0.2) is 0 Å². The van der Waals surface area contributed by atoms with Gasteiger partial charge in [-0.2, -0.15) is 0 Å². The summed E-state index contributed by atoms with van der Waals surface area (Å²) in [5.74, 6) is -1.04. The smallest absolute Gasteiger partial charge is 0.324 e. The third-order valence-electron chi connectivity index (χ3n) is 2.30. The number of H-pyrrole nitrogens is 1. The second-order valence-corrected chi connectivity index (χ2v) is 3.11. The molecular formula is C7H9N3O2. The average Bonchev–Trinajstić information content (AvgIpc) is 2.49. The van der Waals surface area contributed by atoms with E-state index in [1.807, 2.05) is 0 Å². The third-order valence-corrected chi connectivity index (χ3v) is 2.30. The number of aromatic amines is 1. The molecule has 0 aromatic carbocycles. The lowest BCUT2D eigenvalue weighted by atomic mass is 10.2. The fraction of sp³-hybridized carbons (Fsp3) is 0.429.